The number of rotatable bonds is 3. The number of hydrogen-bond donors (Lipinski definition) is 1. The number of halogens is 2. The molecule has 0 aliphatic carbocycles. The molecule has 5 nitrogen and oxygen atoms in total. The first kappa shape index (κ1) is 16.7. The van der Waals surface area contributed by atoms with Crippen molar-refractivity contribution in [3.63, 3.8) is 0 Å². The molecule has 0 radical (unpaired) electrons. The number of hydrogen-bond acceptors (Lipinski definition) is 4. The Morgan fingerprint density at radius 3 is 2.69 bits per heavy atom. The maximum Gasteiger partial charge on any atom is 0.291 e. The van der Waals surface area contributed by atoms with E-state index in [1.807, 2.05) is 12.1 Å². The van der Waals surface area contributed by atoms with Crippen molar-refractivity contribution in [2.45, 2.75) is 0 Å². The summed E-state index contributed by atoms with van der Waals surface area (Å²) in [7, 11) is 1.53. The number of pyridine rings is 1. The summed E-state index contributed by atoms with van der Waals surface area (Å²) < 4.78 is 10.7. The average molecular weight is 387 g/mol. The van der Waals surface area contributed by atoms with Gasteiger partial charge in [-0.15, -0.1) is 0 Å². The molecule has 2 heterocycles. The Labute approximate surface area is 158 Å². The summed E-state index contributed by atoms with van der Waals surface area (Å²) in [4.78, 5) is 16.9. The highest BCUT2D eigenvalue weighted by Gasteiger charge is 2.15. The number of amides is 1. The van der Waals surface area contributed by atoms with E-state index >= 15 is 0 Å². The second-order valence-corrected chi connectivity index (χ2v) is 6.48. The number of nitrogens with one attached hydrogen (secondary N) is 1. The molecule has 0 aliphatic heterocycles. The Kier molecular flexibility index (Phi) is 4.18. The number of aromatic nitrogens is 1. The highest BCUT2D eigenvalue weighted by atomic mass is 35.5. The van der Waals surface area contributed by atoms with Crippen LogP contribution in [-0.4, -0.2) is 18.0 Å². The molecule has 1 N–H and O–H groups in total. The van der Waals surface area contributed by atoms with E-state index in [-0.39, 0.29) is 5.76 Å². The summed E-state index contributed by atoms with van der Waals surface area (Å²) in [5, 5.41) is 5.38. The van der Waals surface area contributed by atoms with E-state index in [2.05, 4.69) is 10.3 Å². The van der Waals surface area contributed by atoms with Crippen molar-refractivity contribution in [2.24, 2.45) is 0 Å². The summed E-state index contributed by atoms with van der Waals surface area (Å²) in [6, 6.07) is 13.9. The fraction of sp³-hybridized carbons (Fsp3) is 0.0526. The number of nitrogens with zero attached hydrogens (tertiary/aromatic N) is 1. The zero-order valence-electron chi connectivity index (χ0n) is 13.5. The van der Waals surface area contributed by atoms with Crippen LogP contribution in [0.2, 0.25) is 10.0 Å². The fourth-order valence-electron chi connectivity index (χ4n) is 2.65. The third kappa shape index (κ3) is 3.07. The lowest BCUT2D eigenvalue weighted by molar-refractivity contribution is 0.0998. The minimum atomic E-state index is -0.397. The minimum Gasteiger partial charge on any atom is -0.495 e. The predicted molar refractivity (Wildman–Crippen MR) is 102 cm³/mol. The van der Waals surface area contributed by atoms with E-state index in [4.69, 9.17) is 32.4 Å². The Morgan fingerprint density at radius 2 is 1.92 bits per heavy atom. The van der Waals surface area contributed by atoms with Crippen LogP contribution < -0.4 is 10.1 Å². The van der Waals surface area contributed by atoms with Gasteiger partial charge in [0.1, 0.15) is 5.75 Å². The Balaban J connectivity index is 1.66. The quantitative estimate of drug-likeness (QED) is 0.501. The third-order valence-electron chi connectivity index (χ3n) is 3.90. The van der Waals surface area contributed by atoms with E-state index in [0.717, 1.165) is 10.8 Å². The predicted octanol–water partition coefficient (Wildman–Crippen LogP) is 5.55. The summed E-state index contributed by atoms with van der Waals surface area (Å²) in [5.41, 5.74) is 1.61. The first-order valence-electron chi connectivity index (χ1n) is 7.68. The maximum absolute atomic E-state index is 12.5. The summed E-state index contributed by atoms with van der Waals surface area (Å²) in [5.74, 6) is 0.287. The van der Waals surface area contributed by atoms with Gasteiger partial charge in [0.05, 0.1) is 17.6 Å². The maximum atomic E-state index is 12.5. The molecule has 7 heteroatoms. The zero-order valence-corrected chi connectivity index (χ0v) is 15.1. The van der Waals surface area contributed by atoms with Gasteiger partial charge in [-0.2, -0.15) is 0 Å². The summed E-state index contributed by atoms with van der Waals surface area (Å²) >= 11 is 12.1. The molecule has 2 aromatic heterocycles. The van der Waals surface area contributed by atoms with Gasteiger partial charge in [0.15, 0.2) is 5.76 Å². The molecule has 130 valence electrons. The van der Waals surface area contributed by atoms with E-state index < -0.39 is 5.91 Å². The molecule has 1 amide bonds. The molecule has 4 rings (SSSR count). The number of furan rings is 1. The number of fused-ring (bicyclic) bond motifs is 2. The van der Waals surface area contributed by atoms with Crippen LogP contribution in [0, 0.1) is 0 Å². The van der Waals surface area contributed by atoms with Crippen LogP contribution in [0.4, 0.5) is 5.69 Å². The SMILES string of the molecule is COc1ccc(NC(=O)c2cc3cc4ccc(Cl)cc4nc3o2)cc1Cl. The standard InChI is InChI=1S/C19H12Cl2N2O3/c1-25-16-5-4-13(9-14(16)21)22-18(24)17-7-11-6-10-2-3-12(20)8-15(10)23-19(11)26-17/h2-9H,1H3,(H,22,24). The average Bonchev–Trinajstić information content (AvgIpc) is 3.03. The number of benzene rings is 2. The topological polar surface area (TPSA) is 64.4 Å². The largest absolute Gasteiger partial charge is 0.495 e. The number of carbonyl (C=O) groups is 1. The summed E-state index contributed by atoms with van der Waals surface area (Å²) in [6.07, 6.45) is 0. The molecule has 0 saturated heterocycles. The second-order valence-electron chi connectivity index (χ2n) is 5.63. The number of ether oxygens (including phenoxy) is 1. The van der Waals surface area contributed by atoms with Gasteiger partial charge in [0.2, 0.25) is 5.71 Å². The molecule has 0 spiro atoms. The lowest BCUT2D eigenvalue weighted by Crippen LogP contribution is -2.10. The summed E-state index contributed by atoms with van der Waals surface area (Å²) in [6.45, 7) is 0. The van der Waals surface area contributed by atoms with Crippen LogP contribution in [0.15, 0.2) is 52.9 Å². The van der Waals surface area contributed by atoms with E-state index in [0.29, 0.717) is 32.7 Å². The Hall–Kier alpha value is -2.76. The monoisotopic (exact) mass is 386 g/mol. The first-order chi connectivity index (χ1) is 12.5. The van der Waals surface area contributed by atoms with Gasteiger partial charge >= 0.3 is 0 Å². The molecule has 0 atom stereocenters. The van der Waals surface area contributed by atoms with Crippen molar-refractivity contribution in [2.75, 3.05) is 12.4 Å². The highest BCUT2D eigenvalue weighted by Crippen LogP contribution is 2.28. The molecule has 0 unspecified atom stereocenters. The van der Waals surface area contributed by atoms with Gasteiger partial charge in [-0.3, -0.25) is 4.79 Å². The lowest BCUT2D eigenvalue weighted by Gasteiger charge is -2.06. The van der Waals surface area contributed by atoms with Gasteiger partial charge in [-0.05, 0) is 42.5 Å². The number of anilines is 1. The van der Waals surface area contributed by atoms with Gasteiger partial charge in [-0.1, -0.05) is 29.3 Å². The van der Waals surface area contributed by atoms with Crippen LogP contribution in [0.5, 0.6) is 5.75 Å². The molecule has 0 fully saturated rings. The van der Waals surface area contributed by atoms with E-state index in [9.17, 15) is 4.79 Å². The van der Waals surface area contributed by atoms with Crippen molar-refractivity contribution >= 4 is 56.8 Å². The molecular formula is C19H12Cl2N2O3. The van der Waals surface area contributed by atoms with Crippen molar-refractivity contribution in [1.82, 2.24) is 4.98 Å². The first-order valence-corrected chi connectivity index (χ1v) is 8.44. The smallest absolute Gasteiger partial charge is 0.291 e. The lowest BCUT2D eigenvalue weighted by atomic mass is 10.2. The van der Waals surface area contributed by atoms with Crippen molar-refractivity contribution in [3.05, 3.63) is 64.3 Å². The second kappa shape index (κ2) is 6.52. The van der Waals surface area contributed by atoms with Crippen molar-refractivity contribution in [1.29, 1.82) is 0 Å². The number of carbonyl (C=O) groups excluding carboxylic acids is 1. The number of methoxy groups -OCH3 is 1. The molecule has 26 heavy (non-hydrogen) atoms. The van der Waals surface area contributed by atoms with E-state index in [1.165, 1.54) is 7.11 Å². The fourth-order valence-corrected chi connectivity index (χ4v) is 3.07. The van der Waals surface area contributed by atoms with Crippen LogP contribution >= 0.6 is 23.2 Å². The van der Waals surface area contributed by atoms with Crippen LogP contribution in [-0.2, 0) is 0 Å². The van der Waals surface area contributed by atoms with Gasteiger partial charge < -0.3 is 14.5 Å². The third-order valence-corrected chi connectivity index (χ3v) is 4.43. The normalized spacial score (nSPS) is 11.0. The van der Waals surface area contributed by atoms with E-state index in [1.54, 1.807) is 36.4 Å². The molecule has 0 saturated carbocycles. The molecule has 0 aliphatic rings. The Morgan fingerprint density at radius 1 is 1.08 bits per heavy atom. The molecule has 2 aromatic carbocycles. The van der Waals surface area contributed by atoms with Gasteiger partial charge in [0.25, 0.3) is 5.91 Å². The zero-order chi connectivity index (χ0) is 18.3. The van der Waals surface area contributed by atoms with Crippen LogP contribution in [0.25, 0.3) is 22.0 Å². The molecule has 4 aromatic rings. The molecular weight excluding hydrogens is 375 g/mol. The highest BCUT2D eigenvalue weighted by molar-refractivity contribution is 6.32. The van der Waals surface area contributed by atoms with Gasteiger partial charge in [-0.25, -0.2) is 4.98 Å². The molecule has 0 bridgehead atoms. The van der Waals surface area contributed by atoms with Crippen molar-refractivity contribution in [3.8, 4) is 5.75 Å². The Bertz CT molecular complexity index is 1150. The minimum absolute atomic E-state index is 0.154. The van der Waals surface area contributed by atoms with Crippen LogP contribution in [0.3, 0.4) is 0 Å². The van der Waals surface area contributed by atoms with Crippen LogP contribution in [0.1, 0.15) is 10.6 Å². The van der Waals surface area contributed by atoms with Gasteiger partial charge in [0, 0.05) is 21.5 Å². The van der Waals surface area contributed by atoms with Crippen molar-refractivity contribution < 1.29 is 13.9 Å².